The predicted molar refractivity (Wildman–Crippen MR) is 82.6 cm³/mol. The fourth-order valence-corrected chi connectivity index (χ4v) is 2.28. The number of rotatable bonds is 7. The molecule has 0 spiro atoms. The summed E-state index contributed by atoms with van der Waals surface area (Å²) in [7, 11) is 0. The topological polar surface area (TPSA) is 35.8 Å². The van der Waals surface area contributed by atoms with E-state index in [0.717, 1.165) is 12.2 Å². The molecule has 2 nitrogen and oxygen atoms in total. The van der Waals surface area contributed by atoms with Gasteiger partial charge in [0.1, 0.15) is 6.07 Å². The summed E-state index contributed by atoms with van der Waals surface area (Å²) in [4.78, 5) is 0. The highest BCUT2D eigenvalue weighted by Gasteiger charge is 2.18. The van der Waals surface area contributed by atoms with Crippen molar-refractivity contribution in [3.05, 3.63) is 28.8 Å². The Labute approximate surface area is 121 Å². The average Bonchev–Trinajstić information content (AvgIpc) is 2.37. The van der Waals surface area contributed by atoms with Crippen molar-refractivity contribution in [2.75, 3.05) is 11.9 Å². The van der Waals surface area contributed by atoms with Gasteiger partial charge in [0.2, 0.25) is 0 Å². The molecular formula is C16H23ClN2. The van der Waals surface area contributed by atoms with Crippen LogP contribution in [0.2, 0.25) is 5.02 Å². The summed E-state index contributed by atoms with van der Waals surface area (Å²) >= 11 is 6.02. The summed E-state index contributed by atoms with van der Waals surface area (Å²) in [5.41, 5.74) is 1.59. The van der Waals surface area contributed by atoms with Crippen LogP contribution < -0.4 is 5.32 Å². The normalized spacial score (nSPS) is 11.1. The van der Waals surface area contributed by atoms with Crippen molar-refractivity contribution in [3.8, 4) is 6.07 Å². The van der Waals surface area contributed by atoms with Crippen LogP contribution in [0.4, 0.5) is 5.69 Å². The predicted octanol–water partition coefficient (Wildman–Crippen LogP) is 5.23. The Morgan fingerprint density at radius 1 is 1.32 bits per heavy atom. The molecule has 0 aliphatic rings. The zero-order valence-electron chi connectivity index (χ0n) is 12.1. The first-order valence-corrected chi connectivity index (χ1v) is 7.30. The quantitative estimate of drug-likeness (QED) is 0.693. The number of anilines is 1. The van der Waals surface area contributed by atoms with Gasteiger partial charge in [0, 0.05) is 6.54 Å². The fraction of sp³-hybridized carbons (Fsp3) is 0.562. The third-order valence-corrected chi connectivity index (χ3v) is 3.65. The van der Waals surface area contributed by atoms with Crippen LogP contribution in [0.15, 0.2) is 18.2 Å². The highest BCUT2D eigenvalue weighted by Crippen LogP contribution is 2.27. The van der Waals surface area contributed by atoms with Crippen LogP contribution in [0.1, 0.15) is 52.0 Å². The van der Waals surface area contributed by atoms with E-state index in [4.69, 9.17) is 16.9 Å². The molecule has 1 N–H and O–H groups in total. The molecule has 3 heteroatoms. The summed E-state index contributed by atoms with van der Waals surface area (Å²) in [5, 5.41) is 13.0. The maximum absolute atomic E-state index is 9.13. The molecule has 1 rings (SSSR count). The summed E-state index contributed by atoms with van der Waals surface area (Å²) in [5.74, 6) is 0. The molecule has 0 heterocycles. The van der Waals surface area contributed by atoms with Gasteiger partial charge in [-0.2, -0.15) is 5.26 Å². The van der Waals surface area contributed by atoms with Crippen LogP contribution >= 0.6 is 11.6 Å². The molecule has 104 valence electrons. The minimum Gasteiger partial charge on any atom is -0.383 e. The number of halogens is 1. The molecule has 19 heavy (non-hydrogen) atoms. The van der Waals surface area contributed by atoms with Crippen molar-refractivity contribution in [3.63, 3.8) is 0 Å². The van der Waals surface area contributed by atoms with Gasteiger partial charge in [0.05, 0.1) is 16.3 Å². The van der Waals surface area contributed by atoms with Gasteiger partial charge in [0.25, 0.3) is 0 Å². The molecule has 1 aromatic carbocycles. The van der Waals surface area contributed by atoms with Gasteiger partial charge in [-0.25, -0.2) is 0 Å². The van der Waals surface area contributed by atoms with Gasteiger partial charge in [-0.1, -0.05) is 57.7 Å². The number of unbranched alkanes of at least 4 members (excludes halogenated alkanes) is 2. The third kappa shape index (κ3) is 5.12. The monoisotopic (exact) mass is 278 g/mol. The van der Waals surface area contributed by atoms with E-state index in [1.54, 1.807) is 6.07 Å². The second kappa shape index (κ2) is 7.40. The van der Waals surface area contributed by atoms with E-state index in [2.05, 4.69) is 32.2 Å². The third-order valence-electron chi connectivity index (χ3n) is 3.34. The standard InChI is InChI=1S/C16H23ClN2/c1-4-5-6-10-16(2,3)12-19-15-9-7-8-14(17)13(15)11-18/h7-9,19H,4-6,10,12H2,1-3H3. The zero-order chi connectivity index (χ0) is 14.3. The maximum atomic E-state index is 9.13. The van der Waals surface area contributed by atoms with E-state index >= 15 is 0 Å². The lowest BCUT2D eigenvalue weighted by atomic mass is 9.86. The van der Waals surface area contributed by atoms with Crippen molar-refractivity contribution in [2.24, 2.45) is 5.41 Å². The Morgan fingerprint density at radius 3 is 2.68 bits per heavy atom. The van der Waals surface area contributed by atoms with E-state index in [1.807, 2.05) is 12.1 Å². The molecule has 0 aromatic heterocycles. The van der Waals surface area contributed by atoms with Gasteiger partial charge in [-0.3, -0.25) is 0 Å². The molecule has 0 amide bonds. The molecule has 1 aromatic rings. The number of nitrogens with one attached hydrogen (secondary N) is 1. The van der Waals surface area contributed by atoms with E-state index in [9.17, 15) is 0 Å². The van der Waals surface area contributed by atoms with Gasteiger partial charge >= 0.3 is 0 Å². The number of hydrogen-bond donors (Lipinski definition) is 1. The molecule has 0 aliphatic heterocycles. The zero-order valence-corrected chi connectivity index (χ0v) is 12.8. The van der Waals surface area contributed by atoms with E-state index in [-0.39, 0.29) is 5.41 Å². The van der Waals surface area contributed by atoms with Crippen molar-refractivity contribution >= 4 is 17.3 Å². The lowest BCUT2D eigenvalue weighted by Crippen LogP contribution is -2.23. The van der Waals surface area contributed by atoms with Crippen LogP contribution in [-0.4, -0.2) is 6.54 Å². The van der Waals surface area contributed by atoms with Gasteiger partial charge < -0.3 is 5.32 Å². The van der Waals surface area contributed by atoms with Crippen LogP contribution in [0.25, 0.3) is 0 Å². The minimum absolute atomic E-state index is 0.226. The SMILES string of the molecule is CCCCCC(C)(C)CNc1cccc(Cl)c1C#N. The lowest BCUT2D eigenvalue weighted by molar-refractivity contribution is 0.342. The molecule has 0 saturated heterocycles. The second-order valence-corrected chi connectivity index (χ2v) is 6.16. The first kappa shape index (κ1) is 15.9. The maximum Gasteiger partial charge on any atom is 0.103 e. The van der Waals surface area contributed by atoms with Crippen molar-refractivity contribution < 1.29 is 0 Å². The van der Waals surface area contributed by atoms with Crippen LogP contribution in [-0.2, 0) is 0 Å². The summed E-state index contributed by atoms with van der Waals surface area (Å²) in [6.07, 6.45) is 4.97. The first-order chi connectivity index (χ1) is 9.00. The molecule has 0 bridgehead atoms. The molecule has 0 unspecified atom stereocenters. The number of hydrogen-bond acceptors (Lipinski definition) is 2. The van der Waals surface area contributed by atoms with E-state index in [1.165, 1.54) is 25.7 Å². The number of nitriles is 1. The first-order valence-electron chi connectivity index (χ1n) is 6.92. The molecule has 0 radical (unpaired) electrons. The Bertz CT molecular complexity index is 447. The molecular weight excluding hydrogens is 256 g/mol. The van der Waals surface area contributed by atoms with Crippen molar-refractivity contribution in [1.82, 2.24) is 0 Å². The van der Waals surface area contributed by atoms with Crippen LogP contribution in [0.3, 0.4) is 0 Å². The van der Waals surface area contributed by atoms with E-state index < -0.39 is 0 Å². The summed E-state index contributed by atoms with van der Waals surface area (Å²) in [6.45, 7) is 7.58. The lowest BCUT2D eigenvalue weighted by Gasteiger charge is -2.26. The minimum atomic E-state index is 0.226. The number of nitrogens with zero attached hydrogens (tertiary/aromatic N) is 1. The Morgan fingerprint density at radius 2 is 2.05 bits per heavy atom. The Hall–Kier alpha value is -1.20. The number of benzene rings is 1. The molecule has 0 aliphatic carbocycles. The molecule has 0 saturated carbocycles. The van der Waals surface area contributed by atoms with E-state index in [0.29, 0.717) is 10.6 Å². The molecule has 0 fully saturated rings. The highest BCUT2D eigenvalue weighted by molar-refractivity contribution is 6.32. The summed E-state index contributed by atoms with van der Waals surface area (Å²) < 4.78 is 0. The van der Waals surface area contributed by atoms with Crippen LogP contribution in [0.5, 0.6) is 0 Å². The smallest absolute Gasteiger partial charge is 0.103 e. The average molecular weight is 279 g/mol. The van der Waals surface area contributed by atoms with Gasteiger partial charge in [-0.15, -0.1) is 0 Å². The highest BCUT2D eigenvalue weighted by atomic mass is 35.5. The van der Waals surface area contributed by atoms with Crippen LogP contribution in [0, 0.1) is 16.7 Å². The molecule has 0 atom stereocenters. The Kier molecular flexibility index (Phi) is 6.18. The largest absolute Gasteiger partial charge is 0.383 e. The fourth-order valence-electron chi connectivity index (χ4n) is 2.06. The van der Waals surface area contributed by atoms with Gasteiger partial charge in [-0.05, 0) is 24.0 Å². The summed E-state index contributed by atoms with van der Waals surface area (Å²) in [6, 6.07) is 7.69. The second-order valence-electron chi connectivity index (χ2n) is 5.75. The van der Waals surface area contributed by atoms with Gasteiger partial charge in [0.15, 0.2) is 0 Å². The van der Waals surface area contributed by atoms with Crippen molar-refractivity contribution in [1.29, 1.82) is 5.26 Å². The van der Waals surface area contributed by atoms with Crippen molar-refractivity contribution in [2.45, 2.75) is 46.5 Å². The Balaban J connectivity index is 2.61.